The topological polar surface area (TPSA) is 26.0 Å². The molecule has 0 saturated heterocycles. The molecular formula is C12H9ClF3NO. The molecule has 0 aliphatic heterocycles. The highest BCUT2D eigenvalue weighted by Gasteiger charge is 2.17. The minimum absolute atomic E-state index is 0.0657. The number of aryl methyl sites for hydroxylation is 1. The Morgan fingerprint density at radius 3 is 2.67 bits per heavy atom. The van der Waals surface area contributed by atoms with Gasteiger partial charge in [0.15, 0.2) is 29.1 Å². The fourth-order valence-corrected chi connectivity index (χ4v) is 1.62. The monoisotopic (exact) mass is 275 g/mol. The number of benzene rings is 1. The van der Waals surface area contributed by atoms with Crippen LogP contribution >= 0.6 is 11.6 Å². The summed E-state index contributed by atoms with van der Waals surface area (Å²) in [5.74, 6) is -3.14. The second-order valence-electron chi connectivity index (χ2n) is 3.63. The molecule has 0 N–H and O–H groups in total. The Balaban J connectivity index is 2.31. The average molecular weight is 276 g/mol. The number of oxazole rings is 1. The van der Waals surface area contributed by atoms with E-state index in [-0.39, 0.29) is 11.3 Å². The van der Waals surface area contributed by atoms with Crippen molar-refractivity contribution in [1.82, 2.24) is 4.98 Å². The van der Waals surface area contributed by atoms with Crippen LogP contribution < -0.4 is 0 Å². The minimum Gasteiger partial charge on any atom is -0.441 e. The first-order valence-electron chi connectivity index (χ1n) is 5.28. The van der Waals surface area contributed by atoms with Gasteiger partial charge in [0.05, 0.1) is 11.8 Å². The van der Waals surface area contributed by atoms with Gasteiger partial charge in [0, 0.05) is 12.3 Å². The molecule has 0 spiro atoms. The van der Waals surface area contributed by atoms with Crippen LogP contribution in [0.2, 0.25) is 0 Å². The van der Waals surface area contributed by atoms with Gasteiger partial charge in [-0.05, 0) is 18.6 Å². The van der Waals surface area contributed by atoms with E-state index in [1.807, 2.05) is 0 Å². The van der Waals surface area contributed by atoms with Gasteiger partial charge in [-0.1, -0.05) is 0 Å². The van der Waals surface area contributed by atoms with E-state index in [1.54, 1.807) is 0 Å². The SMILES string of the molecule is Fc1ccc(-c2cnc(CCCCl)o2)c(F)c1F. The maximum absolute atomic E-state index is 13.5. The van der Waals surface area contributed by atoms with Gasteiger partial charge in [0.1, 0.15) is 0 Å². The van der Waals surface area contributed by atoms with Gasteiger partial charge in [-0.25, -0.2) is 18.2 Å². The molecule has 0 saturated carbocycles. The van der Waals surface area contributed by atoms with Gasteiger partial charge >= 0.3 is 0 Å². The highest BCUT2D eigenvalue weighted by Crippen LogP contribution is 2.26. The van der Waals surface area contributed by atoms with Crippen molar-refractivity contribution >= 4 is 11.6 Å². The first kappa shape index (κ1) is 13.0. The van der Waals surface area contributed by atoms with E-state index in [4.69, 9.17) is 16.0 Å². The molecule has 0 atom stereocenters. The minimum atomic E-state index is -1.52. The molecule has 96 valence electrons. The highest BCUT2D eigenvalue weighted by molar-refractivity contribution is 6.17. The van der Waals surface area contributed by atoms with Crippen molar-refractivity contribution in [2.24, 2.45) is 0 Å². The Kier molecular flexibility index (Phi) is 3.91. The fourth-order valence-electron chi connectivity index (χ4n) is 1.48. The summed E-state index contributed by atoms with van der Waals surface area (Å²) in [4.78, 5) is 3.92. The van der Waals surface area contributed by atoms with Crippen molar-refractivity contribution in [2.45, 2.75) is 12.8 Å². The fraction of sp³-hybridized carbons (Fsp3) is 0.250. The molecule has 0 amide bonds. The summed E-state index contributed by atoms with van der Waals surface area (Å²) in [5.41, 5.74) is -0.154. The molecule has 0 fully saturated rings. The Hall–Kier alpha value is -1.49. The number of halogens is 4. The Morgan fingerprint density at radius 1 is 1.17 bits per heavy atom. The molecule has 18 heavy (non-hydrogen) atoms. The molecule has 1 aromatic carbocycles. The van der Waals surface area contributed by atoms with Crippen LogP contribution in [0.4, 0.5) is 13.2 Å². The van der Waals surface area contributed by atoms with Gasteiger partial charge in [0.2, 0.25) is 0 Å². The Morgan fingerprint density at radius 2 is 1.94 bits per heavy atom. The van der Waals surface area contributed by atoms with Crippen LogP contribution in [0.15, 0.2) is 22.7 Å². The number of nitrogens with zero attached hydrogens (tertiary/aromatic N) is 1. The molecule has 2 nitrogen and oxygen atoms in total. The third-order valence-corrected chi connectivity index (χ3v) is 2.65. The van der Waals surface area contributed by atoms with Crippen molar-refractivity contribution in [1.29, 1.82) is 0 Å². The first-order valence-corrected chi connectivity index (χ1v) is 5.81. The van der Waals surface area contributed by atoms with Crippen LogP contribution in [-0.2, 0) is 6.42 Å². The lowest BCUT2D eigenvalue weighted by Gasteiger charge is -2.00. The number of aromatic nitrogens is 1. The van der Waals surface area contributed by atoms with Crippen molar-refractivity contribution in [3.63, 3.8) is 0 Å². The van der Waals surface area contributed by atoms with Crippen molar-refractivity contribution in [2.75, 3.05) is 5.88 Å². The van der Waals surface area contributed by atoms with E-state index < -0.39 is 17.5 Å². The van der Waals surface area contributed by atoms with Crippen LogP contribution in [0.3, 0.4) is 0 Å². The third-order valence-electron chi connectivity index (χ3n) is 2.38. The van der Waals surface area contributed by atoms with Gasteiger partial charge in [-0.3, -0.25) is 0 Å². The second kappa shape index (κ2) is 5.44. The molecule has 2 aromatic rings. The lowest BCUT2D eigenvalue weighted by Crippen LogP contribution is -1.92. The zero-order chi connectivity index (χ0) is 13.1. The van der Waals surface area contributed by atoms with E-state index in [0.717, 1.165) is 12.1 Å². The zero-order valence-electron chi connectivity index (χ0n) is 9.22. The Bertz CT molecular complexity index is 556. The molecule has 1 heterocycles. The summed E-state index contributed by atoms with van der Waals surface area (Å²) in [5, 5.41) is 0. The predicted molar refractivity (Wildman–Crippen MR) is 60.9 cm³/mol. The summed E-state index contributed by atoms with van der Waals surface area (Å²) in [7, 11) is 0. The Labute approximate surface area is 106 Å². The van der Waals surface area contributed by atoms with Gasteiger partial charge < -0.3 is 4.42 Å². The van der Waals surface area contributed by atoms with Crippen LogP contribution in [0.25, 0.3) is 11.3 Å². The molecule has 6 heteroatoms. The quantitative estimate of drug-likeness (QED) is 0.624. The molecule has 1 aromatic heterocycles. The van der Waals surface area contributed by atoms with E-state index in [0.29, 0.717) is 24.6 Å². The first-order chi connectivity index (χ1) is 8.63. The van der Waals surface area contributed by atoms with Crippen molar-refractivity contribution in [3.05, 3.63) is 41.7 Å². The standard InChI is InChI=1S/C12H9ClF3NO/c13-5-1-2-10-17-6-9(18-10)7-3-4-8(14)12(16)11(7)15/h3-4,6H,1-2,5H2. The number of hydrogen-bond acceptors (Lipinski definition) is 2. The molecule has 0 aliphatic rings. The van der Waals surface area contributed by atoms with E-state index in [9.17, 15) is 13.2 Å². The summed E-state index contributed by atoms with van der Waals surface area (Å²) in [6, 6.07) is 1.95. The summed E-state index contributed by atoms with van der Waals surface area (Å²) >= 11 is 5.52. The largest absolute Gasteiger partial charge is 0.441 e. The number of rotatable bonds is 4. The van der Waals surface area contributed by atoms with Crippen LogP contribution in [0.1, 0.15) is 12.3 Å². The molecule has 0 unspecified atom stereocenters. The maximum atomic E-state index is 13.5. The third kappa shape index (κ3) is 2.51. The zero-order valence-corrected chi connectivity index (χ0v) is 9.98. The maximum Gasteiger partial charge on any atom is 0.195 e. The number of hydrogen-bond donors (Lipinski definition) is 0. The highest BCUT2D eigenvalue weighted by atomic mass is 35.5. The average Bonchev–Trinajstić information content (AvgIpc) is 2.82. The van der Waals surface area contributed by atoms with E-state index in [2.05, 4.69) is 4.98 Å². The van der Waals surface area contributed by atoms with E-state index >= 15 is 0 Å². The lowest BCUT2D eigenvalue weighted by atomic mass is 10.1. The van der Waals surface area contributed by atoms with Crippen LogP contribution in [0.5, 0.6) is 0 Å². The van der Waals surface area contributed by atoms with Crippen LogP contribution in [-0.4, -0.2) is 10.9 Å². The molecule has 0 radical (unpaired) electrons. The van der Waals surface area contributed by atoms with Crippen molar-refractivity contribution in [3.8, 4) is 11.3 Å². The van der Waals surface area contributed by atoms with Crippen molar-refractivity contribution < 1.29 is 17.6 Å². The summed E-state index contributed by atoms with van der Waals surface area (Å²) in [6.07, 6.45) is 2.45. The lowest BCUT2D eigenvalue weighted by molar-refractivity contribution is 0.444. The van der Waals surface area contributed by atoms with E-state index in [1.165, 1.54) is 6.20 Å². The normalized spacial score (nSPS) is 10.9. The smallest absolute Gasteiger partial charge is 0.195 e. The van der Waals surface area contributed by atoms with Gasteiger partial charge in [0.25, 0.3) is 0 Å². The molecule has 0 aliphatic carbocycles. The van der Waals surface area contributed by atoms with Gasteiger partial charge in [-0.15, -0.1) is 11.6 Å². The number of alkyl halides is 1. The molecule has 0 bridgehead atoms. The second-order valence-corrected chi connectivity index (χ2v) is 4.01. The predicted octanol–water partition coefficient (Wildman–Crippen LogP) is 3.93. The van der Waals surface area contributed by atoms with Gasteiger partial charge in [-0.2, -0.15) is 0 Å². The summed E-state index contributed by atoms with van der Waals surface area (Å²) < 4.78 is 44.6. The summed E-state index contributed by atoms with van der Waals surface area (Å²) in [6.45, 7) is 0. The van der Waals surface area contributed by atoms with Crippen LogP contribution in [0, 0.1) is 17.5 Å². The molecular weight excluding hydrogens is 267 g/mol. The molecule has 2 rings (SSSR count).